The Labute approximate surface area is 466 Å². The van der Waals surface area contributed by atoms with Crippen molar-refractivity contribution in [1.29, 1.82) is 0 Å². The van der Waals surface area contributed by atoms with Gasteiger partial charge in [-0.1, -0.05) is 40.0 Å². The van der Waals surface area contributed by atoms with E-state index in [0.717, 1.165) is 4.90 Å². The van der Waals surface area contributed by atoms with E-state index in [1.165, 1.54) is 6.92 Å². The Morgan fingerprint density at radius 3 is 2.20 bits per heavy atom. The van der Waals surface area contributed by atoms with Crippen molar-refractivity contribution in [2.45, 2.75) is 138 Å². The van der Waals surface area contributed by atoms with Gasteiger partial charge < -0.3 is 87.6 Å². The minimum atomic E-state index is -2.43. The first kappa shape index (κ1) is 62.6. The maximum Gasteiger partial charge on any atom is 0.432 e. The predicted octanol–water partition coefficient (Wildman–Crippen LogP) is -4.90. The highest BCUT2D eigenvalue weighted by atomic mass is 32.2. The second-order valence-electron chi connectivity index (χ2n) is 20.3. The van der Waals surface area contributed by atoms with Gasteiger partial charge in [0.2, 0.25) is 58.2 Å². The minimum absolute atomic E-state index is 0.0399. The summed E-state index contributed by atoms with van der Waals surface area (Å²) in [6.07, 6.45) is -3.23. The summed E-state index contributed by atoms with van der Waals surface area (Å²) in [5, 5.41) is 52.0. The van der Waals surface area contributed by atoms with Crippen molar-refractivity contribution in [3.05, 3.63) is 23.8 Å². The molecule has 0 spiro atoms. The van der Waals surface area contributed by atoms with Gasteiger partial charge in [0.1, 0.15) is 41.7 Å². The van der Waals surface area contributed by atoms with E-state index in [4.69, 9.17) is 15.3 Å². The number of hydrogen-bond donors (Lipinski definition) is 13. The van der Waals surface area contributed by atoms with Gasteiger partial charge in [0.15, 0.2) is 6.04 Å². The standard InChI is InChI=1S/C50H70N12O18S/c1-4-24(2)41-46(74)54-19-37(67)55-33-23-81(78)48-29(28-10-9-27(16-30(28)58-48)79-14-8-6-5-7-13-52-50(77)80-62-39(69)11-12-40(62)70)17-31(43(71)53-20-38(68)59-41)56-47(75)42(25(3)35(65)22-63)60-45(73)34-15-26(64)21-61(34)49(76)32(18-36(51)66)57-44(33)72/h9-10,16,24-26,31-35,41-42,58,63-65H,4-8,11-15,17-23H2,1-3H3,(H2,51,66)(H,52,77)(H,53,71)(H,54,74)(H,55,67)(H,56,75)(H,57,72)(H,59,68)(H,60,73)/t24-,25-,26?,31?,32-,33?,34?,35-,41-,42-,81?/m0/s1. The molecule has 5 heterocycles. The van der Waals surface area contributed by atoms with Crippen molar-refractivity contribution < 1.29 is 87.0 Å². The van der Waals surface area contributed by atoms with Gasteiger partial charge in [-0.25, -0.2) is 4.79 Å². The van der Waals surface area contributed by atoms with Crippen molar-refractivity contribution >= 4 is 93.2 Å². The van der Waals surface area contributed by atoms with Crippen LogP contribution >= 0.6 is 0 Å². The molecular formula is C50H70N12O18S. The molecule has 6 rings (SSSR count). The van der Waals surface area contributed by atoms with Crippen LogP contribution in [0.15, 0.2) is 23.2 Å². The van der Waals surface area contributed by atoms with E-state index >= 15 is 0 Å². The number of H-pyrrole nitrogens is 1. The molecule has 2 fully saturated rings. The first-order valence-electron chi connectivity index (χ1n) is 26.6. The summed E-state index contributed by atoms with van der Waals surface area (Å²) in [5.74, 6) is -12.9. The monoisotopic (exact) mass is 1160 g/mol. The van der Waals surface area contributed by atoms with Crippen LogP contribution in [0.5, 0.6) is 5.75 Å². The number of hydrogen-bond acceptors (Lipinski definition) is 18. The number of benzene rings is 1. The van der Waals surface area contributed by atoms with Gasteiger partial charge in [-0.05, 0) is 30.9 Å². The number of aromatic amines is 1. The minimum Gasteiger partial charge on any atom is -0.610 e. The van der Waals surface area contributed by atoms with Gasteiger partial charge in [-0.3, -0.25) is 52.7 Å². The Morgan fingerprint density at radius 2 is 1.52 bits per heavy atom. The molecule has 11 atom stereocenters. The molecule has 30 nitrogen and oxygen atoms in total. The third-order valence-electron chi connectivity index (χ3n) is 14.3. The molecule has 1 aromatic heterocycles. The maximum absolute atomic E-state index is 15.0. The van der Waals surface area contributed by atoms with Crippen LogP contribution < -0.4 is 53.0 Å². The number of carbonyl (C=O) groups is 12. The zero-order valence-electron chi connectivity index (χ0n) is 44.9. The molecule has 5 unspecified atom stereocenters. The molecular weight excluding hydrogens is 1090 g/mol. The lowest BCUT2D eigenvalue weighted by atomic mass is 9.93. The number of aromatic nitrogens is 1. The van der Waals surface area contributed by atoms with E-state index in [0.29, 0.717) is 48.3 Å². The van der Waals surface area contributed by atoms with Crippen molar-refractivity contribution in [2.24, 2.45) is 17.6 Å². The summed E-state index contributed by atoms with van der Waals surface area (Å²) in [6.45, 7) is 2.05. The second-order valence-corrected chi connectivity index (χ2v) is 21.7. The molecule has 4 aliphatic heterocycles. The van der Waals surface area contributed by atoms with Crippen molar-refractivity contribution in [3.8, 4) is 5.75 Å². The van der Waals surface area contributed by atoms with E-state index in [9.17, 15) is 77.4 Å². The molecule has 0 radical (unpaired) electrons. The number of nitrogens with zero attached hydrogens (tertiary/aromatic N) is 2. The summed E-state index contributed by atoms with van der Waals surface area (Å²) >= 11 is -2.43. The van der Waals surface area contributed by atoms with E-state index in [2.05, 4.69) is 47.5 Å². The third-order valence-corrected chi connectivity index (χ3v) is 15.7. The van der Waals surface area contributed by atoms with E-state index in [1.54, 1.807) is 32.0 Å². The number of aliphatic hydroxyl groups excluding tert-OH is 3. The lowest BCUT2D eigenvalue weighted by Gasteiger charge is -2.32. The molecule has 1 aromatic carbocycles. The van der Waals surface area contributed by atoms with Crippen molar-refractivity contribution in [3.63, 3.8) is 0 Å². The lowest BCUT2D eigenvalue weighted by molar-refractivity contribution is -0.171. The highest BCUT2D eigenvalue weighted by Gasteiger charge is 2.45. The number of nitrogens with one attached hydrogen (secondary N) is 9. The van der Waals surface area contributed by atoms with E-state index in [-0.39, 0.29) is 42.1 Å². The summed E-state index contributed by atoms with van der Waals surface area (Å²) < 4.78 is 21.0. The van der Waals surface area contributed by atoms with E-state index < -0.39 is 194 Å². The topological polar surface area (TPSA) is 452 Å². The molecule has 4 aliphatic rings. The molecule has 12 amide bonds. The third kappa shape index (κ3) is 16.5. The Hall–Kier alpha value is -7.61. The SMILES string of the molecule is CC[C@H](C)[C@@H]1NC(=O)CNC(=O)C2Cc3c([nH]c4cc(OCCCCCCNC(=O)ON5C(=O)CCC5=O)ccc34)[S+]([O-])CC(NC(=O)CNC1=O)C(=O)N[C@@H](CC(N)=O)C(=O)N1CC(O)CC1C(=O)N[C@@H]([C@@H](C)[C@@H](O)CO)C(=O)N2. The van der Waals surface area contributed by atoms with Gasteiger partial charge in [0.05, 0.1) is 50.4 Å². The Balaban J connectivity index is 1.38. The molecule has 2 aromatic rings. The fraction of sp³-hybridized carbons (Fsp3) is 0.600. The van der Waals surface area contributed by atoms with Gasteiger partial charge in [0.25, 0.3) is 11.8 Å². The molecule has 81 heavy (non-hydrogen) atoms. The Bertz CT molecular complexity index is 2710. The van der Waals surface area contributed by atoms with Gasteiger partial charge in [0, 0.05) is 72.9 Å². The van der Waals surface area contributed by atoms with Crippen LogP contribution in [0.2, 0.25) is 0 Å². The fourth-order valence-corrected chi connectivity index (χ4v) is 10.9. The highest BCUT2D eigenvalue weighted by Crippen LogP contribution is 2.32. The van der Waals surface area contributed by atoms with Gasteiger partial charge in [-0.15, -0.1) is 5.06 Å². The number of fused-ring (bicyclic) bond motifs is 5. The molecule has 14 N–H and O–H groups in total. The molecule has 0 saturated carbocycles. The number of nitrogens with two attached hydrogens (primary N) is 1. The van der Waals surface area contributed by atoms with Gasteiger partial charge >= 0.3 is 6.09 Å². The van der Waals surface area contributed by atoms with Gasteiger partial charge in [-0.2, -0.15) is 0 Å². The number of ether oxygens (including phenoxy) is 1. The summed E-state index contributed by atoms with van der Waals surface area (Å²) in [5.41, 5.74) is 5.89. The Morgan fingerprint density at radius 1 is 0.840 bits per heavy atom. The molecule has 0 aliphatic carbocycles. The summed E-state index contributed by atoms with van der Waals surface area (Å²) in [7, 11) is 0. The normalized spacial score (nSPS) is 25.9. The highest BCUT2D eigenvalue weighted by molar-refractivity contribution is 7.91. The fourth-order valence-electron chi connectivity index (χ4n) is 9.52. The van der Waals surface area contributed by atoms with Crippen molar-refractivity contribution in [2.75, 3.05) is 45.1 Å². The van der Waals surface area contributed by atoms with Crippen LogP contribution in [0.4, 0.5) is 4.79 Å². The quantitative estimate of drug-likeness (QED) is 0.0426. The lowest BCUT2D eigenvalue weighted by Crippen LogP contribution is -2.62. The van der Waals surface area contributed by atoms with Crippen LogP contribution in [0.1, 0.15) is 84.1 Å². The number of unbranched alkanes of at least 4 members (excludes halogenated alkanes) is 3. The smallest absolute Gasteiger partial charge is 0.432 e. The molecule has 2 bridgehead atoms. The largest absolute Gasteiger partial charge is 0.610 e. The number of aliphatic hydroxyl groups is 3. The first-order chi connectivity index (χ1) is 38.5. The number of carbonyl (C=O) groups excluding carboxylic acids is 12. The zero-order chi connectivity index (χ0) is 59.2. The van der Waals surface area contributed by atoms with Crippen LogP contribution in [-0.2, 0) is 75.2 Å². The number of hydroxylamine groups is 2. The number of primary amides is 1. The second kappa shape index (κ2) is 28.7. The average molecular weight is 1160 g/mol. The van der Waals surface area contributed by atoms with Crippen LogP contribution in [0.3, 0.4) is 0 Å². The molecule has 31 heteroatoms. The molecule has 2 saturated heterocycles. The van der Waals surface area contributed by atoms with Crippen LogP contribution in [-0.4, -0.2) is 199 Å². The van der Waals surface area contributed by atoms with E-state index in [1.807, 2.05) is 0 Å². The predicted molar refractivity (Wildman–Crippen MR) is 280 cm³/mol. The summed E-state index contributed by atoms with van der Waals surface area (Å²) in [6, 6.07) is -5.47. The number of amides is 12. The average Bonchev–Trinajstić information content (AvgIpc) is 4.05. The molecule has 444 valence electrons. The summed E-state index contributed by atoms with van der Waals surface area (Å²) in [4.78, 5) is 170. The number of imide groups is 1. The number of rotatable bonds is 16. The zero-order valence-corrected chi connectivity index (χ0v) is 45.7. The maximum atomic E-state index is 15.0. The van der Waals surface area contributed by atoms with Crippen molar-refractivity contribution in [1.82, 2.24) is 57.5 Å². The van der Waals surface area contributed by atoms with Crippen LogP contribution in [0, 0.1) is 11.8 Å². The Kier molecular flexibility index (Phi) is 22.2. The van der Waals surface area contributed by atoms with Crippen LogP contribution in [0.25, 0.3) is 10.9 Å². The first-order valence-corrected chi connectivity index (χ1v) is 27.9.